The second kappa shape index (κ2) is 6.53. The number of amides is 1. The van der Waals surface area contributed by atoms with Gasteiger partial charge in [-0.05, 0) is 31.9 Å². The van der Waals surface area contributed by atoms with Gasteiger partial charge in [0, 0.05) is 13.1 Å². The molecule has 0 saturated carbocycles. The van der Waals surface area contributed by atoms with E-state index in [0.717, 1.165) is 32.5 Å². The van der Waals surface area contributed by atoms with Crippen molar-refractivity contribution in [3.05, 3.63) is 41.5 Å². The largest absolute Gasteiger partial charge is 0.369 e. The highest BCUT2D eigenvalue weighted by Crippen LogP contribution is 2.17. The van der Waals surface area contributed by atoms with Gasteiger partial charge >= 0.3 is 0 Å². The number of piperidine rings is 1. The number of hydrogen-bond donors (Lipinski definition) is 1. The Morgan fingerprint density at radius 3 is 2.84 bits per heavy atom. The van der Waals surface area contributed by atoms with E-state index < -0.39 is 0 Å². The van der Waals surface area contributed by atoms with E-state index in [-0.39, 0.29) is 11.8 Å². The van der Waals surface area contributed by atoms with Gasteiger partial charge in [0.05, 0.1) is 5.92 Å². The molecule has 1 aromatic carbocycles. The molecule has 1 aliphatic heterocycles. The van der Waals surface area contributed by atoms with Crippen LogP contribution in [-0.2, 0) is 4.79 Å². The Morgan fingerprint density at radius 1 is 1.42 bits per heavy atom. The van der Waals surface area contributed by atoms with Crippen molar-refractivity contribution >= 4 is 12.0 Å². The molecule has 1 aromatic rings. The zero-order chi connectivity index (χ0) is 13.7. The first-order valence-corrected chi connectivity index (χ1v) is 6.89. The van der Waals surface area contributed by atoms with Crippen molar-refractivity contribution in [1.82, 2.24) is 4.90 Å². The Kier molecular flexibility index (Phi) is 4.74. The number of nitrogens with two attached hydrogens (primary N) is 1. The fourth-order valence-corrected chi connectivity index (χ4v) is 2.66. The Morgan fingerprint density at radius 2 is 2.16 bits per heavy atom. The first-order chi connectivity index (χ1) is 9.15. The van der Waals surface area contributed by atoms with E-state index in [0.29, 0.717) is 0 Å². The Hall–Kier alpha value is -1.61. The van der Waals surface area contributed by atoms with Gasteiger partial charge in [0.25, 0.3) is 0 Å². The lowest BCUT2D eigenvalue weighted by Gasteiger charge is -2.31. The zero-order valence-electron chi connectivity index (χ0n) is 11.5. The van der Waals surface area contributed by atoms with Crippen LogP contribution in [0.2, 0.25) is 0 Å². The zero-order valence-corrected chi connectivity index (χ0v) is 11.5. The third-order valence-electron chi connectivity index (χ3n) is 3.59. The monoisotopic (exact) mass is 258 g/mol. The summed E-state index contributed by atoms with van der Waals surface area (Å²) in [5.41, 5.74) is 7.95. The normalized spacial score (nSPS) is 21.3. The number of primary amides is 1. The molecule has 3 heteroatoms. The highest BCUT2D eigenvalue weighted by atomic mass is 16.1. The molecular formula is C16H22N2O. The fourth-order valence-electron chi connectivity index (χ4n) is 2.66. The van der Waals surface area contributed by atoms with E-state index >= 15 is 0 Å². The van der Waals surface area contributed by atoms with Gasteiger partial charge in [-0.2, -0.15) is 0 Å². The van der Waals surface area contributed by atoms with Gasteiger partial charge in [0.1, 0.15) is 0 Å². The van der Waals surface area contributed by atoms with Crippen LogP contribution in [0.15, 0.2) is 35.9 Å². The summed E-state index contributed by atoms with van der Waals surface area (Å²) in [6, 6.07) is 10.3. The average molecular weight is 258 g/mol. The van der Waals surface area contributed by atoms with E-state index in [1.165, 1.54) is 11.1 Å². The maximum Gasteiger partial charge on any atom is 0.221 e. The Balaban J connectivity index is 1.93. The fraction of sp³-hybridized carbons (Fsp3) is 0.438. The SMILES string of the molecule is CC(=Cc1ccccc1)CN1CCCC(C(N)=O)C1. The number of carbonyl (C=O) groups is 1. The van der Waals surface area contributed by atoms with Gasteiger partial charge in [-0.25, -0.2) is 0 Å². The molecule has 2 N–H and O–H groups in total. The van der Waals surface area contributed by atoms with Crippen LogP contribution >= 0.6 is 0 Å². The number of hydrogen-bond acceptors (Lipinski definition) is 2. The van der Waals surface area contributed by atoms with Crippen molar-refractivity contribution in [3.8, 4) is 0 Å². The molecule has 0 radical (unpaired) electrons. The number of likely N-dealkylation sites (tertiary alicyclic amines) is 1. The molecule has 1 unspecified atom stereocenters. The van der Waals surface area contributed by atoms with Gasteiger partial charge in [0.2, 0.25) is 5.91 Å². The smallest absolute Gasteiger partial charge is 0.221 e. The van der Waals surface area contributed by atoms with Crippen LogP contribution < -0.4 is 5.73 Å². The summed E-state index contributed by atoms with van der Waals surface area (Å²) in [6.45, 7) is 4.92. The van der Waals surface area contributed by atoms with Gasteiger partial charge < -0.3 is 5.73 Å². The molecule has 1 aliphatic rings. The summed E-state index contributed by atoms with van der Waals surface area (Å²) < 4.78 is 0. The standard InChI is InChI=1S/C16H22N2O/c1-13(10-14-6-3-2-4-7-14)11-18-9-5-8-15(12-18)16(17)19/h2-4,6-7,10,15H,5,8-9,11-12H2,1H3,(H2,17,19). The van der Waals surface area contributed by atoms with Crippen LogP contribution in [0.5, 0.6) is 0 Å². The number of benzene rings is 1. The third kappa shape index (κ3) is 4.21. The highest BCUT2D eigenvalue weighted by Gasteiger charge is 2.23. The molecular weight excluding hydrogens is 236 g/mol. The van der Waals surface area contributed by atoms with E-state index in [1.54, 1.807) is 0 Å². The third-order valence-corrected chi connectivity index (χ3v) is 3.59. The van der Waals surface area contributed by atoms with Gasteiger partial charge in [0.15, 0.2) is 0 Å². The molecule has 0 spiro atoms. The molecule has 1 saturated heterocycles. The molecule has 102 valence electrons. The first-order valence-electron chi connectivity index (χ1n) is 6.89. The van der Waals surface area contributed by atoms with E-state index in [1.807, 2.05) is 18.2 Å². The van der Waals surface area contributed by atoms with Crippen molar-refractivity contribution in [3.63, 3.8) is 0 Å². The lowest BCUT2D eigenvalue weighted by Crippen LogP contribution is -2.41. The second-order valence-corrected chi connectivity index (χ2v) is 5.38. The molecule has 1 fully saturated rings. The minimum atomic E-state index is -0.158. The van der Waals surface area contributed by atoms with Gasteiger partial charge in [-0.1, -0.05) is 42.0 Å². The summed E-state index contributed by atoms with van der Waals surface area (Å²) in [6.07, 6.45) is 4.20. The molecule has 19 heavy (non-hydrogen) atoms. The lowest BCUT2D eigenvalue weighted by molar-refractivity contribution is -0.123. The van der Waals surface area contributed by atoms with E-state index in [4.69, 9.17) is 5.73 Å². The number of nitrogens with zero attached hydrogens (tertiary/aromatic N) is 1. The molecule has 1 heterocycles. The van der Waals surface area contributed by atoms with Gasteiger partial charge in [-0.15, -0.1) is 0 Å². The maximum absolute atomic E-state index is 11.3. The van der Waals surface area contributed by atoms with Crippen LogP contribution in [0.25, 0.3) is 6.08 Å². The van der Waals surface area contributed by atoms with Crippen molar-refractivity contribution in [2.24, 2.45) is 11.7 Å². The molecule has 1 atom stereocenters. The summed E-state index contributed by atoms with van der Waals surface area (Å²) in [5.74, 6) is -0.132. The van der Waals surface area contributed by atoms with Crippen LogP contribution in [0.4, 0.5) is 0 Å². The summed E-state index contributed by atoms with van der Waals surface area (Å²) in [4.78, 5) is 13.6. The summed E-state index contributed by atoms with van der Waals surface area (Å²) in [5, 5.41) is 0. The van der Waals surface area contributed by atoms with Crippen LogP contribution in [0.3, 0.4) is 0 Å². The van der Waals surface area contributed by atoms with E-state index in [2.05, 4.69) is 30.0 Å². The van der Waals surface area contributed by atoms with Crippen molar-refractivity contribution < 1.29 is 4.79 Å². The minimum Gasteiger partial charge on any atom is -0.369 e. The van der Waals surface area contributed by atoms with Gasteiger partial charge in [-0.3, -0.25) is 9.69 Å². The number of rotatable bonds is 4. The molecule has 0 aliphatic carbocycles. The van der Waals surface area contributed by atoms with Crippen molar-refractivity contribution in [2.75, 3.05) is 19.6 Å². The molecule has 3 nitrogen and oxygen atoms in total. The Labute approximate surface area is 115 Å². The molecule has 2 rings (SSSR count). The van der Waals surface area contributed by atoms with Crippen LogP contribution in [0.1, 0.15) is 25.3 Å². The summed E-state index contributed by atoms with van der Waals surface area (Å²) >= 11 is 0. The molecule has 0 bridgehead atoms. The quantitative estimate of drug-likeness (QED) is 0.900. The first kappa shape index (κ1) is 13.8. The Bertz CT molecular complexity index is 453. The predicted octanol–water partition coefficient (Wildman–Crippen LogP) is 2.29. The van der Waals surface area contributed by atoms with Crippen LogP contribution in [0, 0.1) is 5.92 Å². The topological polar surface area (TPSA) is 46.3 Å². The summed E-state index contributed by atoms with van der Waals surface area (Å²) in [7, 11) is 0. The second-order valence-electron chi connectivity index (χ2n) is 5.38. The average Bonchev–Trinajstić information content (AvgIpc) is 2.40. The maximum atomic E-state index is 11.3. The van der Waals surface area contributed by atoms with Crippen molar-refractivity contribution in [1.29, 1.82) is 0 Å². The lowest BCUT2D eigenvalue weighted by atomic mass is 9.97. The van der Waals surface area contributed by atoms with Crippen LogP contribution in [-0.4, -0.2) is 30.4 Å². The van der Waals surface area contributed by atoms with E-state index in [9.17, 15) is 4.79 Å². The molecule has 0 aromatic heterocycles. The predicted molar refractivity (Wildman–Crippen MR) is 78.5 cm³/mol. The number of carbonyl (C=O) groups excluding carboxylic acids is 1. The molecule has 1 amide bonds. The van der Waals surface area contributed by atoms with Crippen molar-refractivity contribution in [2.45, 2.75) is 19.8 Å². The highest BCUT2D eigenvalue weighted by molar-refractivity contribution is 5.76. The minimum absolute atomic E-state index is 0.0262.